The van der Waals surface area contributed by atoms with E-state index in [1.165, 1.54) is 11.1 Å². The van der Waals surface area contributed by atoms with E-state index in [0.29, 0.717) is 0 Å². The van der Waals surface area contributed by atoms with Gasteiger partial charge in [0, 0.05) is 25.5 Å². The summed E-state index contributed by atoms with van der Waals surface area (Å²) in [7, 11) is 1.91. The molecule has 1 aliphatic rings. The van der Waals surface area contributed by atoms with E-state index in [4.69, 9.17) is 0 Å². The average molecular weight is 254 g/mol. The first-order valence-corrected chi connectivity index (χ1v) is 6.69. The Hall–Kier alpha value is -2.03. The average Bonchev–Trinajstić information content (AvgIpc) is 2.83. The first-order valence-electron chi connectivity index (χ1n) is 6.69. The maximum absolute atomic E-state index is 12.6. The van der Waals surface area contributed by atoms with Crippen molar-refractivity contribution >= 4 is 11.6 Å². The smallest absolute Gasteiger partial charge is 0.274 e. The van der Waals surface area contributed by atoms with Crippen LogP contribution in [0.5, 0.6) is 0 Å². The van der Waals surface area contributed by atoms with Crippen LogP contribution in [0.1, 0.15) is 28.0 Å². The van der Waals surface area contributed by atoms with Gasteiger partial charge in [-0.1, -0.05) is 17.7 Å². The lowest BCUT2D eigenvalue weighted by Crippen LogP contribution is -2.36. The van der Waals surface area contributed by atoms with Crippen LogP contribution in [0.3, 0.4) is 0 Å². The van der Waals surface area contributed by atoms with Gasteiger partial charge in [0.25, 0.3) is 5.91 Å². The van der Waals surface area contributed by atoms with E-state index >= 15 is 0 Å². The lowest BCUT2D eigenvalue weighted by molar-refractivity contribution is 0.0977. The molecule has 0 N–H and O–H groups in total. The molecule has 0 unspecified atom stereocenters. The summed E-state index contributed by atoms with van der Waals surface area (Å²) in [6, 6.07) is 10.1. The van der Waals surface area contributed by atoms with Crippen LogP contribution in [0.4, 0.5) is 5.69 Å². The lowest BCUT2D eigenvalue weighted by atomic mass is 9.99. The highest BCUT2D eigenvalue weighted by Gasteiger charge is 2.24. The quantitative estimate of drug-likeness (QED) is 0.768. The molecule has 2 aromatic rings. The Balaban J connectivity index is 2.00. The molecular weight excluding hydrogens is 236 g/mol. The summed E-state index contributed by atoms with van der Waals surface area (Å²) in [6.07, 6.45) is 4.01. The van der Waals surface area contributed by atoms with Crippen molar-refractivity contribution in [1.82, 2.24) is 4.57 Å². The van der Waals surface area contributed by atoms with Gasteiger partial charge in [0.1, 0.15) is 5.69 Å². The zero-order valence-electron chi connectivity index (χ0n) is 11.4. The van der Waals surface area contributed by atoms with Gasteiger partial charge in [-0.25, -0.2) is 0 Å². The van der Waals surface area contributed by atoms with E-state index in [-0.39, 0.29) is 5.91 Å². The zero-order chi connectivity index (χ0) is 13.4. The third kappa shape index (κ3) is 2.05. The van der Waals surface area contributed by atoms with Crippen LogP contribution >= 0.6 is 0 Å². The summed E-state index contributed by atoms with van der Waals surface area (Å²) in [5.74, 6) is 0.0947. The second-order valence-corrected chi connectivity index (χ2v) is 5.20. The molecule has 0 aliphatic carbocycles. The van der Waals surface area contributed by atoms with Gasteiger partial charge in [0.05, 0.1) is 0 Å². The predicted octanol–water partition coefficient (Wildman–Crippen LogP) is 2.93. The standard InChI is InChI=1S/C16H18N2O/c1-12-7-8-14-13(11-12)5-3-10-18(14)16(19)15-6-4-9-17(15)2/h4,6-9,11H,3,5,10H2,1-2H3. The summed E-state index contributed by atoms with van der Waals surface area (Å²) < 4.78 is 1.88. The van der Waals surface area contributed by atoms with Crippen LogP contribution < -0.4 is 4.90 Å². The second kappa shape index (κ2) is 4.57. The Bertz CT molecular complexity index is 627. The number of amides is 1. The summed E-state index contributed by atoms with van der Waals surface area (Å²) in [5.41, 5.74) is 4.36. The van der Waals surface area contributed by atoms with Gasteiger partial charge in [0.2, 0.25) is 0 Å². The van der Waals surface area contributed by atoms with Gasteiger partial charge in [0.15, 0.2) is 0 Å². The molecule has 3 heteroatoms. The van der Waals surface area contributed by atoms with Crippen molar-refractivity contribution in [2.75, 3.05) is 11.4 Å². The second-order valence-electron chi connectivity index (χ2n) is 5.20. The summed E-state index contributed by atoms with van der Waals surface area (Å²) >= 11 is 0. The maximum atomic E-state index is 12.6. The van der Waals surface area contributed by atoms with E-state index in [1.807, 2.05) is 34.8 Å². The topological polar surface area (TPSA) is 25.2 Å². The molecule has 1 aliphatic heterocycles. The molecule has 0 atom stereocenters. The summed E-state index contributed by atoms with van der Waals surface area (Å²) in [6.45, 7) is 2.90. The monoisotopic (exact) mass is 254 g/mol. The third-order valence-corrected chi connectivity index (χ3v) is 3.76. The molecule has 1 aromatic carbocycles. The minimum absolute atomic E-state index is 0.0947. The number of carbonyl (C=O) groups is 1. The molecule has 0 fully saturated rings. The predicted molar refractivity (Wildman–Crippen MR) is 76.6 cm³/mol. The number of aryl methyl sites for hydroxylation is 3. The van der Waals surface area contributed by atoms with Crippen molar-refractivity contribution in [3.63, 3.8) is 0 Å². The van der Waals surface area contributed by atoms with Crippen LogP contribution in [-0.4, -0.2) is 17.0 Å². The fraction of sp³-hybridized carbons (Fsp3) is 0.312. The van der Waals surface area contributed by atoms with Gasteiger partial charge in [-0.05, 0) is 43.5 Å². The number of hydrogen-bond donors (Lipinski definition) is 0. The minimum atomic E-state index is 0.0947. The minimum Gasteiger partial charge on any atom is -0.347 e. The highest BCUT2D eigenvalue weighted by Crippen LogP contribution is 2.29. The van der Waals surface area contributed by atoms with Crippen LogP contribution in [-0.2, 0) is 13.5 Å². The number of hydrogen-bond acceptors (Lipinski definition) is 1. The van der Waals surface area contributed by atoms with E-state index in [2.05, 4.69) is 25.1 Å². The van der Waals surface area contributed by atoms with Gasteiger partial charge in [-0.15, -0.1) is 0 Å². The highest BCUT2D eigenvalue weighted by atomic mass is 16.2. The van der Waals surface area contributed by atoms with E-state index < -0.39 is 0 Å². The summed E-state index contributed by atoms with van der Waals surface area (Å²) in [5, 5.41) is 0. The number of benzene rings is 1. The van der Waals surface area contributed by atoms with Crippen LogP contribution in [0.15, 0.2) is 36.5 Å². The fourth-order valence-electron chi connectivity index (χ4n) is 2.76. The Labute approximate surface area is 113 Å². The molecule has 0 saturated carbocycles. The van der Waals surface area contributed by atoms with Crippen molar-refractivity contribution in [2.45, 2.75) is 19.8 Å². The molecule has 0 spiro atoms. The molecule has 0 bridgehead atoms. The number of rotatable bonds is 1. The number of anilines is 1. The largest absolute Gasteiger partial charge is 0.347 e. The Kier molecular flexibility index (Phi) is 2.90. The normalized spacial score (nSPS) is 14.3. The first kappa shape index (κ1) is 12.0. The van der Waals surface area contributed by atoms with Crippen molar-refractivity contribution in [2.24, 2.45) is 7.05 Å². The van der Waals surface area contributed by atoms with Crippen LogP contribution in [0.25, 0.3) is 0 Å². The van der Waals surface area contributed by atoms with E-state index in [0.717, 1.165) is 30.8 Å². The molecule has 3 nitrogen and oxygen atoms in total. The molecule has 98 valence electrons. The first-order chi connectivity index (χ1) is 9.16. The highest BCUT2D eigenvalue weighted by molar-refractivity contribution is 6.05. The van der Waals surface area contributed by atoms with E-state index in [1.54, 1.807) is 0 Å². The lowest BCUT2D eigenvalue weighted by Gasteiger charge is -2.29. The molecular formula is C16H18N2O. The van der Waals surface area contributed by atoms with Crippen molar-refractivity contribution < 1.29 is 4.79 Å². The Morgan fingerprint density at radius 1 is 1.26 bits per heavy atom. The van der Waals surface area contributed by atoms with E-state index in [9.17, 15) is 4.79 Å². The number of fused-ring (bicyclic) bond motifs is 1. The molecule has 1 aromatic heterocycles. The molecule has 1 amide bonds. The summed E-state index contributed by atoms with van der Waals surface area (Å²) in [4.78, 5) is 14.5. The number of nitrogens with zero attached hydrogens (tertiary/aromatic N) is 2. The van der Waals surface area contributed by atoms with Gasteiger partial charge in [-0.3, -0.25) is 4.79 Å². The van der Waals surface area contributed by atoms with Crippen molar-refractivity contribution in [3.8, 4) is 0 Å². The molecule has 19 heavy (non-hydrogen) atoms. The fourth-order valence-corrected chi connectivity index (χ4v) is 2.76. The van der Waals surface area contributed by atoms with Crippen molar-refractivity contribution in [1.29, 1.82) is 0 Å². The number of aromatic nitrogens is 1. The van der Waals surface area contributed by atoms with Gasteiger partial charge < -0.3 is 9.47 Å². The number of carbonyl (C=O) groups excluding carboxylic acids is 1. The molecule has 2 heterocycles. The van der Waals surface area contributed by atoms with Gasteiger partial charge in [-0.2, -0.15) is 0 Å². The molecule has 0 saturated heterocycles. The molecule has 0 radical (unpaired) electrons. The SMILES string of the molecule is Cc1ccc2c(c1)CCCN2C(=O)c1cccn1C. The molecule has 3 rings (SSSR count). The zero-order valence-corrected chi connectivity index (χ0v) is 11.4. The Morgan fingerprint density at radius 2 is 2.11 bits per heavy atom. The van der Waals surface area contributed by atoms with Crippen LogP contribution in [0, 0.1) is 6.92 Å². The Morgan fingerprint density at radius 3 is 2.84 bits per heavy atom. The van der Waals surface area contributed by atoms with Crippen LogP contribution in [0.2, 0.25) is 0 Å². The third-order valence-electron chi connectivity index (χ3n) is 3.76. The van der Waals surface area contributed by atoms with Crippen molar-refractivity contribution in [3.05, 3.63) is 53.3 Å². The van der Waals surface area contributed by atoms with Gasteiger partial charge >= 0.3 is 0 Å². The maximum Gasteiger partial charge on any atom is 0.274 e.